The van der Waals surface area contributed by atoms with E-state index in [-0.39, 0.29) is 18.3 Å². The van der Waals surface area contributed by atoms with Crippen molar-refractivity contribution in [1.82, 2.24) is 9.62 Å². The van der Waals surface area contributed by atoms with Crippen molar-refractivity contribution in [3.63, 3.8) is 0 Å². The molecule has 2 aromatic rings. The smallest absolute Gasteiger partial charge is 0.407 e. The number of alkyl carbamates (subject to hydrolysis) is 1. The second-order valence-electron chi connectivity index (χ2n) is 8.98. The van der Waals surface area contributed by atoms with Gasteiger partial charge in [0.05, 0.1) is 30.3 Å². The van der Waals surface area contributed by atoms with Crippen LogP contribution in [-0.4, -0.2) is 65.0 Å². The Bertz CT molecular complexity index is 938. The van der Waals surface area contributed by atoms with Gasteiger partial charge in [-0.25, -0.2) is 9.10 Å². The molecule has 0 saturated carbocycles. The van der Waals surface area contributed by atoms with Gasteiger partial charge >= 0.3 is 6.09 Å². The fourth-order valence-corrected chi connectivity index (χ4v) is 4.92. The second-order valence-corrected chi connectivity index (χ2v) is 10.2. The maximum absolute atomic E-state index is 12.6. The van der Waals surface area contributed by atoms with E-state index in [0.29, 0.717) is 38.5 Å². The standard InChI is InChI=1S/C25H33N3O6S/c1-18(2)15-27(35-22-10-8-20(9-11-22)28(31)32)16-24(29)23(14-19-6-4-3-5-7-19)26-25(30)34-21-12-13-33-17-21/h3-11,18,21,23-24,29H,12-17H2,1-2H3,(H,26,30)/t21?,23-,24?/m0/s1. The summed E-state index contributed by atoms with van der Waals surface area (Å²) in [6.45, 7) is 6.07. The molecule has 1 fully saturated rings. The van der Waals surface area contributed by atoms with Gasteiger partial charge in [0.2, 0.25) is 0 Å². The minimum Gasteiger partial charge on any atom is -0.444 e. The van der Waals surface area contributed by atoms with E-state index >= 15 is 0 Å². The van der Waals surface area contributed by atoms with Gasteiger partial charge in [0.15, 0.2) is 0 Å². The Morgan fingerprint density at radius 1 is 1.23 bits per heavy atom. The predicted octanol–water partition coefficient (Wildman–Crippen LogP) is 4.05. The molecule has 0 bridgehead atoms. The number of non-ortho nitro benzene ring substituents is 1. The molecule has 3 rings (SSSR count). The number of carbonyl (C=O) groups is 1. The summed E-state index contributed by atoms with van der Waals surface area (Å²) in [6.07, 6.45) is -0.631. The molecule has 3 atom stereocenters. The number of carbonyl (C=O) groups excluding carboxylic acids is 1. The molecule has 0 aliphatic carbocycles. The van der Waals surface area contributed by atoms with E-state index in [0.717, 1.165) is 10.5 Å². The van der Waals surface area contributed by atoms with Gasteiger partial charge in [-0.2, -0.15) is 0 Å². The third-order valence-corrected chi connectivity index (χ3v) is 6.51. The van der Waals surface area contributed by atoms with Crippen LogP contribution in [0, 0.1) is 16.0 Å². The van der Waals surface area contributed by atoms with Crippen LogP contribution in [0.25, 0.3) is 0 Å². The Morgan fingerprint density at radius 2 is 1.94 bits per heavy atom. The maximum Gasteiger partial charge on any atom is 0.407 e. The summed E-state index contributed by atoms with van der Waals surface area (Å²) in [5.74, 6) is 0.320. The normalized spacial score (nSPS) is 17.3. The highest BCUT2D eigenvalue weighted by Crippen LogP contribution is 2.26. The first kappa shape index (κ1) is 26.9. The van der Waals surface area contributed by atoms with Gasteiger partial charge in [0.25, 0.3) is 5.69 Å². The largest absolute Gasteiger partial charge is 0.444 e. The summed E-state index contributed by atoms with van der Waals surface area (Å²) >= 11 is 1.42. The zero-order valence-electron chi connectivity index (χ0n) is 20.0. The molecule has 0 radical (unpaired) electrons. The monoisotopic (exact) mass is 503 g/mol. The number of benzene rings is 2. The van der Waals surface area contributed by atoms with E-state index in [1.54, 1.807) is 12.1 Å². The van der Waals surface area contributed by atoms with Gasteiger partial charge in [-0.15, -0.1) is 0 Å². The van der Waals surface area contributed by atoms with Crippen LogP contribution in [-0.2, 0) is 15.9 Å². The van der Waals surface area contributed by atoms with Gasteiger partial charge in [-0.1, -0.05) is 44.2 Å². The third kappa shape index (κ3) is 9.14. The zero-order valence-corrected chi connectivity index (χ0v) is 20.9. The summed E-state index contributed by atoms with van der Waals surface area (Å²) < 4.78 is 12.8. The van der Waals surface area contributed by atoms with E-state index < -0.39 is 23.2 Å². The Hall–Kier alpha value is -2.66. The second kappa shape index (κ2) is 13.4. The number of rotatable bonds is 12. The van der Waals surface area contributed by atoms with Crippen LogP contribution in [0.3, 0.4) is 0 Å². The number of aliphatic hydroxyl groups excluding tert-OH is 1. The number of nitrogens with one attached hydrogen (secondary N) is 1. The topological polar surface area (TPSA) is 114 Å². The molecule has 10 heteroatoms. The highest BCUT2D eigenvalue weighted by Gasteiger charge is 2.27. The Labute approximate surface area is 210 Å². The summed E-state index contributed by atoms with van der Waals surface area (Å²) in [6, 6.07) is 15.4. The molecule has 9 nitrogen and oxygen atoms in total. The molecule has 1 aliphatic rings. The molecular formula is C25H33N3O6S. The Morgan fingerprint density at radius 3 is 2.54 bits per heavy atom. The average Bonchev–Trinajstić information content (AvgIpc) is 3.32. The number of ether oxygens (including phenoxy) is 2. The van der Waals surface area contributed by atoms with Crippen molar-refractivity contribution in [2.24, 2.45) is 5.92 Å². The van der Waals surface area contributed by atoms with Crippen molar-refractivity contribution in [2.45, 2.75) is 49.8 Å². The van der Waals surface area contributed by atoms with Crippen LogP contribution in [0.2, 0.25) is 0 Å². The fraction of sp³-hybridized carbons (Fsp3) is 0.480. The highest BCUT2D eigenvalue weighted by molar-refractivity contribution is 7.97. The number of aliphatic hydroxyl groups is 1. The van der Waals surface area contributed by atoms with E-state index in [1.807, 2.05) is 34.6 Å². The fourth-order valence-electron chi connectivity index (χ4n) is 3.76. The van der Waals surface area contributed by atoms with Crippen LogP contribution in [0.15, 0.2) is 59.5 Å². The van der Waals surface area contributed by atoms with Crippen molar-refractivity contribution in [2.75, 3.05) is 26.3 Å². The third-order valence-electron chi connectivity index (χ3n) is 5.47. The van der Waals surface area contributed by atoms with Crippen LogP contribution in [0.5, 0.6) is 0 Å². The van der Waals surface area contributed by atoms with Crippen LogP contribution < -0.4 is 5.32 Å². The SMILES string of the molecule is CC(C)CN(CC(O)[C@H](Cc1ccccc1)NC(=O)OC1CCOC1)Sc1ccc([N+](=O)[O-])cc1. The number of amides is 1. The molecule has 1 saturated heterocycles. The van der Waals surface area contributed by atoms with Crippen LogP contribution in [0.4, 0.5) is 10.5 Å². The predicted molar refractivity (Wildman–Crippen MR) is 134 cm³/mol. The lowest BCUT2D eigenvalue weighted by atomic mass is 10.0. The Kier molecular flexibility index (Phi) is 10.3. The summed E-state index contributed by atoms with van der Waals surface area (Å²) in [5, 5.41) is 25.0. The van der Waals surface area contributed by atoms with Crippen molar-refractivity contribution < 1.29 is 24.3 Å². The molecule has 1 aliphatic heterocycles. The lowest BCUT2D eigenvalue weighted by Gasteiger charge is -2.30. The van der Waals surface area contributed by atoms with E-state index in [1.165, 1.54) is 24.1 Å². The molecule has 35 heavy (non-hydrogen) atoms. The number of nitro groups is 1. The van der Waals surface area contributed by atoms with Gasteiger partial charge < -0.3 is 19.9 Å². The van der Waals surface area contributed by atoms with Gasteiger partial charge in [-0.3, -0.25) is 10.1 Å². The minimum absolute atomic E-state index is 0.0306. The summed E-state index contributed by atoms with van der Waals surface area (Å²) in [4.78, 5) is 23.9. The molecular weight excluding hydrogens is 470 g/mol. The van der Waals surface area contributed by atoms with Crippen molar-refractivity contribution in [3.05, 3.63) is 70.3 Å². The van der Waals surface area contributed by atoms with Crippen LogP contribution >= 0.6 is 11.9 Å². The van der Waals surface area contributed by atoms with Gasteiger partial charge in [-0.05, 0) is 42.0 Å². The van der Waals surface area contributed by atoms with Crippen LogP contribution in [0.1, 0.15) is 25.8 Å². The minimum atomic E-state index is -0.883. The average molecular weight is 504 g/mol. The lowest BCUT2D eigenvalue weighted by molar-refractivity contribution is -0.384. The number of hydrogen-bond acceptors (Lipinski definition) is 8. The molecule has 2 aromatic carbocycles. The van der Waals surface area contributed by atoms with Crippen molar-refractivity contribution in [3.8, 4) is 0 Å². The van der Waals surface area contributed by atoms with E-state index in [4.69, 9.17) is 9.47 Å². The first-order valence-electron chi connectivity index (χ1n) is 11.7. The van der Waals surface area contributed by atoms with Crippen molar-refractivity contribution >= 4 is 23.7 Å². The first-order chi connectivity index (χ1) is 16.8. The maximum atomic E-state index is 12.6. The molecule has 0 spiro atoms. The zero-order chi connectivity index (χ0) is 25.2. The van der Waals surface area contributed by atoms with Gasteiger partial charge in [0, 0.05) is 36.5 Å². The molecule has 2 N–H and O–H groups in total. The highest BCUT2D eigenvalue weighted by atomic mass is 32.2. The summed E-state index contributed by atoms with van der Waals surface area (Å²) in [7, 11) is 0. The molecule has 0 aromatic heterocycles. The molecule has 1 heterocycles. The van der Waals surface area contributed by atoms with Gasteiger partial charge in [0.1, 0.15) is 6.10 Å². The van der Waals surface area contributed by atoms with Crippen molar-refractivity contribution in [1.29, 1.82) is 0 Å². The number of nitro benzene ring substituents is 1. The molecule has 1 amide bonds. The van der Waals surface area contributed by atoms with E-state index in [9.17, 15) is 20.0 Å². The number of hydrogen-bond donors (Lipinski definition) is 2. The summed E-state index contributed by atoms with van der Waals surface area (Å²) in [5.41, 5.74) is 1.02. The Balaban J connectivity index is 1.69. The van der Waals surface area contributed by atoms with E-state index in [2.05, 4.69) is 19.2 Å². The molecule has 190 valence electrons. The number of nitrogens with zero attached hydrogens (tertiary/aromatic N) is 2. The quantitative estimate of drug-likeness (QED) is 0.253. The first-order valence-corrected chi connectivity index (χ1v) is 12.5. The molecule has 2 unspecified atom stereocenters. The lowest BCUT2D eigenvalue weighted by Crippen LogP contribution is -2.49.